The first kappa shape index (κ1) is 17.3. The van der Waals surface area contributed by atoms with Crippen molar-refractivity contribution in [3.05, 3.63) is 40.6 Å². The first-order chi connectivity index (χ1) is 10.7. The maximum absolute atomic E-state index is 12.2. The van der Waals surface area contributed by atoms with Crippen LogP contribution in [0.3, 0.4) is 0 Å². The molecule has 1 atom stereocenters. The van der Waals surface area contributed by atoms with Gasteiger partial charge in [0.2, 0.25) is 5.76 Å². The molecule has 2 N–H and O–H groups in total. The molecule has 0 radical (unpaired) electrons. The molecule has 0 fully saturated rings. The molecular formula is C14H12ClF3N2O3. The van der Waals surface area contributed by atoms with E-state index in [4.69, 9.17) is 16.1 Å². The third-order valence-corrected chi connectivity index (χ3v) is 3.17. The summed E-state index contributed by atoms with van der Waals surface area (Å²) in [5, 5.41) is 15.7. The lowest BCUT2D eigenvalue weighted by Crippen LogP contribution is -2.34. The van der Waals surface area contributed by atoms with Crippen molar-refractivity contribution in [2.75, 3.05) is 6.54 Å². The maximum Gasteiger partial charge on any atom is 0.405 e. The number of rotatable bonds is 4. The molecule has 9 heteroatoms. The topological polar surface area (TPSA) is 75.4 Å². The summed E-state index contributed by atoms with van der Waals surface area (Å²) in [6.45, 7) is -0.158. The van der Waals surface area contributed by atoms with Crippen molar-refractivity contribution in [1.29, 1.82) is 0 Å². The van der Waals surface area contributed by atoms with Gasteiger partial charge in [0.05, 0.1) is 11.7 Å². The number of benzene rings is 1. The average Bonchev–Trinajstić information content (AvgIpc) is 2.90. The fourth-order valence-corrected chi connectivity index (χ4v) is 2.05. The fourth-order valence-electron chi connectivity index (χ4n) is 1.93. The van der Waals surface area contributed by atoms with E-state index in [0.29, 0.717) is 10.6 Å². The first-order valence-corrected chi connectivity index (χ1v) is 6.85. The molecule has 1 aromatic carbocycles. The zero-order valence-electron chi connectivity index (χ0n) is 11.8. The zero-order valence-corrected chi connectivity index (χ0v) is 12.6. The molecule has 0 aliphatic carbocycles. The van der Waals surface area contributed by atoms with Crippen LogP contribution in [0.4, 0.5) is 13.2 Å². The Bertz CT molecular complexity index is 696. The van der Waals surface area contributed by atoms with Crippen molar-refractivity contribution in [2.45, 2.75) is 19.2 Å². The number of aromatic nitrogens is 1. The monoisotopic (exact) mass is 348 g/mol. The van der Waals surface area contributed by atoms with Gasteiger partial charge in [-0.2, -0.15) is 13.2 Å². The second kappa shape index (κ2) is 6.59. The quantitative estimate of drug-likeness (QED) is 0.888. The Balaban J connectivity index is 2.35. The van der Waals surface area contributed by atoms with E-state index < -0.39 is 30.5 Å². The molecule has 1 unspecified atom stereocenters. The Labute approximate surface area is 134 Å². The highest BCUT2D eigenvalue weighted by Gasteiger charge is 2.31. The van der Waals surface area contributed by atoms with Gasteiger partial charge in [-0.15, -0.1) is 0 Å². The van der Waals surface area contributed by atoms with Crippen LogP contribution in [0, 0.1) is 0 Å². The molecule has 1 aromatic heterocycles. The van der Waals surface area contributed by atoms with E-state index in [1.165, 1.54) is 6.92 Å². The van der Waals surface area contributed by atoms with Gasteiger partial charge in [0.25, 0.3) is 5.91 Å². The van der Waals surface area contributed by atoms with E-state index >= 15 is 0 Å². The first-order valence-electron chi connectivity index (χ1n) is 6.47. The van der Waals surface area contributed by atoms with Crippen molar-refractivity contribution in [2.24, 2.45) is 0 Å². The number of aliphatic hydroxyl groups excluding tert-OH is 1. The SMILES string of the molecule is CC(O)c1c(-c2ccc(Cl)cc2)noc1C(=O)NCC(F)(F)F. The Morgan fingerprint density at radius 1 is 1.39 bits per heavy atom. The van der Waals surface area contributed by atoms with Gasteiger partial charge in [0.1, 0.15) is 12.2 Å². The van der Waals surface area contributed by atoms with Crippen LogP contribution in [-0.4, -0.2) is 28.9 Å². The molecule has 124 valence electrons. The summed E-state index contributed by atoms with van der Waals surface area (Å²) < 4.78 is 41.4. The normalized spacial score (nSPS) is 13.0. The van der Waals surface area contributed by atoms with Crippen LogP contribution in [-0.2, 0) is 0 Å². The molecule has 0 bridgehead atoms. The Morgan fingerprint density at radius 3 is 2.52 bits per heavy atom. The lowest BCUT2D eigenvalue weighted by atomic mass is 10.0. The van der Waals surface area contributed by atoms with Gasteiger partial charge in [-0.25, -0.2) is 0 Å². The minimum atomic E-state index is -4.56. The number of alkyl halides is 3. The lowest BCUT2D eigenvalue weighted by molar-refractivity contribution is -0.123. The zero-order chi connectivity index (χ0) is 17.2. The molecule has 2 aromatic rings. The minimum Gasteiger partial charge on any atom is -0.388 e. The summed E-state index contributed by atoms with van der Waals surface area (Å²) >= 11 is 5.78. The molecule has 0 aliphatic heterocycles. The molecule has 0 spiro atoms. The van der Waals surface area contributed by atoms with Crippen LogP contribution >= 0.6 is 11.6 Å². The molecule has 0 aliphatic rings. The summed E-state index contributed by atoms with van der Waals surface area (Å²) in [6, 6.07) is 6.31. The summed E-state index contributed by atoms with van der Waals surface area (Å²) in [6.07, 6.45) is -5.72. The number of carbonyl (C=O) groups is 1. The number of hydrogen-bond donors (Lipinski definition) is 2. The molecule has 0 saturated heterocycles. The standard InChI is InChI=1S/C14H12ClF3N2O3/c1-7(21)10-11(8-2-4-9(15)5-3-8)20-23-12(10)13(22)19-6-14(16,17)18/h2-5,7,21H,6H2,1H3,(H,19,22). The van der Waals surface area contributed by atoms with Gasteiger partial charge in [0, 0.05) is 10.6 Å². The maximum atomic E-state index is 12.2. The second-order valence-corrected chi connectivity index (χ2v) is 5.19. The highest BCUT2D eigenvalue weighted by molar-refractivity contribution is 6.30. The van der Waals surface area contributed by atoms with E-state index in [1.54, 1.807) is 29.6 Å². The summed E-state index contributed by atoms with van der Waals surface area (Å²) in [7, 11) is 0. The predicted octanol–water partition coefficient (Wildman–Crippen LogP) is 3.34. The number of hydrogen-bond acceptors (Lipinski definition) is 4. The summed E-state index contributed by atoms with van der Waals surface area (Å²) in [4.78, 5) is 11.8. The van der Waals surface area contributed by atoms with E-state index in [1.807, 2.05) is 0 Å². The molecule has 1 amide bonds. The van der Waals surface area contributed by atoms with E-state index in [2.05, 4.69) is 5.16 Å². The number of aliphatic hydroxyl groups is 1. The van der Waals surface area contributed by atoms with E-state index in [-0.39, 0.29) is 11.3 Å². The summed E-state index contributed by atoms with van der Waals surface area (Å²) in [5.74, 6) is -1.57. The van der Waals surface area contributed by atoms with Gasteiger partial charge in [-0.3, -0.25) is 4.79 Å². The second-order valence-electron chi connectivity index (χ2n) is 4.75. The molecule has 1 heterocycles. The number of amides is 1. The van der Waals surface area contributed by atoms with Crippen molar-refractivity contribution >= 4 is 17.5 Å². The number of nitrogens with zero attached hydrogens (tertiary/aromatic N) is 1. The smallest absolute Gasteiger partial charge is 0.388 e. The number of nitrogens with one attached hydrogen (secondary N) is 1. The molecule has 0 saturated carbocycles. The van der Waals surface area contributed by atoms with Crippen LogP contribution < -0.4 is 5.32 Å². The van der Waals surface area contributed by atoms with Gasteiger partial charge >= 0.3 is 6.18 Å². The van der Waals surface area contributed by atoms with E-state index in [9.17, 15) is 23.1 Å². The van der Waals surface area contributed by atoms with Gasteiger partial charge in [-0.1, -0.05) is 28.9 Å². The van der Waals surface area contributed by atoms with Crippen LogP contribution in [0.5, 0.6) is 0 Å². The third kappa shape index (κ3) is 4.23. The van der Waals surface area contributed by atoms with Crippen molar-refractivity contribution in [1.82, 2.24) is 10.5 Å². The largest absolute Gasteiger partial charge is 0.405 e. The van der Waals surface area contributed by atoms with Crippen LogP contribution in [0.25, 0.3) is 11.3 Å². The number of carbonyl (C=O) groups excluding carboxylic acids is 1. The van der Waals surface area contributed by atoms with E-state index in [0.717, 1.165) is 0 Å². The molecule has 2 rings (SSSR count). The predicted molar refractivity (Wildman–Crippen MR) is 76.0 cm³/mol. The third-order valence-electron chi connectivity index (χ3n) is 2.92. The highest BCUT2D eigenvalue weighted by atomic mass is 35.5. The minimum absolute atomic E-state index is 0.00648. The van der Waals surface area contributed by atoms with Crippen molar-refractivity contribution in [3.63, 3.8) is 0 Å². The Kier molecular flexibility index (Phi) is 4.96. The number of halogens is 4. The molecular weight excluding hydrogens is 337 g/mol. The lowest BCUT2D eigenvalue weighted by Gasteiger charge is -2.09. The van der Waals surface area contributed by atoms with Gasteiger partial charge in [0.15, 0.2) is 0 Å². The van der Waals surface area contributed by atoms with Crippen LogP contribution in [0.1, 0.15) is 29.1 Å². The molecule has 23 heavy (non-hydrogen) atoms. The van der Waals surface area contributed by atoms with Gasteiger partial charge < -0.3 is 14.9 Å². The summed E-state index contributed by atoms with van der Waals surface area (Å²) in [5.41, 5.74) is 0.671. The highest BCUT2D eigenvalue weighted by Crippen LogP contribution is 2.31. The van der Waals surface area contributed by atoms with Crippen molar-refractivity contribution < 1.29 is 27.6 Å². The Hall–Kier alpha value is -2.06. The van der Waals surface area contributed by atoms with Crippen LogP contribution in [0.15, 0.2) is 28.8 Å². The fraction of sp³-hybridized carbons (Fsp3) is 0.286. The van der Waals surface area contributed by atoms with Crippen LogP contribution in [0.2, 0.25) is 5.02 Å². The molecule has 5 nitrogen and oxygen atoms in total. The Morgan fingerprint density at radius 2 is 2.00 bits per heavy atom. The average molecular weight is 349 g/mol. The van der Waals surface area contributed by atoms with Crippen molar-refractivity contribution in [3.8, 4) is 11.3 Å². The van der Waals surface area contributed by atoms with Gasteiger partial charge in [-0.05, 0) is 19.1 Å².